The van der Waals surface area contributed by atoms with Gasteiger partial charge in [-0.1, -0.05) is 37.6 Å². The molecule has 1 fully saturated rings. The molecular formula is C28H31ClN4O6. The van der Waals surface area contributed by atoms with Crippen molar-refractivity contribution in [1.29, 1.82) is 0 Å². The summed E-state index contributed by atoms with van der Waals surface area (Å²) in [7, 11) is 3.12. The summed E-state index contributed by atoms with van der Waals surface area (Å²) in [5.74, 6) is 0.892. The number of likely N-dealkylation sites (tertiary alicyclic amines) is 1. The Morgan fingerprint density at radius 3 is 2.64 bits per heavy atom. The van der Waals surface area contributed by atoms with Crippen molar-refractivity contribution in [2.45, 2.75) is 57.3 Å². The van der Waals surface area contributed by atoms with Crippen LogP contribution in [0.5, 0.6) is 11.5 Å². The van der Waals surface area contributed by atoms with Crippen molar-refractivity contribution in [3.05, 3.63) is 64.2 Å². The van der Waals surface area contributed by atoms with E-state index in [9.17, 15) is 14.7 Å². The number of rotatable bonds is 7. The molecule has 3 heterocycles. The number of carbonyl (C=O) groups excluding carboxylic acids is 1. The molecule has 2 aliphatic heterocycles. The molecule has 1 saturated heterocycles. The lowest BCUT2D eigenvalue weighted by Gasteiger charge is -2.27. The Morgan fingerprint density at radius 2 is 1.95 bits per heavy atom. The monoisotopic (exact) mass is 554 g/mol. The fourth-order valence-electron chi connectivity index (χ4n) is 5.47. The number of nitrogens with zero attached hydrogens (tertiary/aromatic N) is 4. The zero-order valence-electron chi connectivity index (χ0n) is 22.3. The van der Waals surface area contributed by atoms with Gasteiger partial charge in [0.05, 0.1) is 26.3 Å². The summed E-state index contributed by atoms with van der Waals surface area (Å²) in [6, 6.07) is 10.2. The molecule has 0 radical (unpaired) electrons. The quantitative estimate of drug-likeness (QED) is 0.447. The number of halogens is 1. The molecule has 0 aliphatic carbocycles. The Labute approximate surface area is 231 Å². The Morgan fingerprint density at radius 1 is 1.15 bits per heavy atom. The van der Waals surface area contributed by atoms with E-state index in [0.717, 1.165) is 11.3 Å². The van der Waals surface area contributed by atoms with Gasteiger partial charge in [-0.3, -0.25) is 9.36 Å². The first-order chi connectivity index (χ1) is 18.7. The van der Waals surface area contributed by atoms with E-state index >= 15 is 0 Å². The number of methoxy groups -OCH3 is 2. The third kappa shape index (κ3) is 4.83. The Balaban J connectivity index is 1.67. The number of hydrogen-bond donors (Lipinski definition) is 1. The molecule has 3 atom stereocenters. The molecule has 2 aromatic carbocycles. The number of carbonyl (C=O) groups is 2. The maximum absolute atomic E-state index is 13.5. The summed E-state index contributed by atoms with van der Waals surface area (Å²) in [6.07, 6.45) is -0.592. The summed E-state index contributed by atoms with van der Waals surface area (Å²) in [4.78, 5) is 26.8. The standard InChI is InChI=1S/C28H31ClN4O6/c1-15(2)26-30-31-27-22(14-23(34)32-12-6-8-20(32)28(35)36)39-24(17-7-5-9-21(37-3)25(17)38-4)18-13-16(29)10-11-19(18)33(26)27/h5,7,9-11,13,15,20,22,24H,6,8,12,14H2,1-4H3,(H,35,36)/t20-,22?,24?/m1/s1. The number of para-hydroxylation sites is 1. The van der Waals surface area contributed by atoms with Gasteiger partial charge in [-0.2, -0.15) is 0 Å². The average molecular weight is 555 g/mol. The van der Waals surface area contributed by atoms with E-state index in [1.807, 2.05) is 42.7 Å². The number of aromatic nitrogens is 3. The van der Waals surface area contributed by atoms with Crippen molar-refractivity contribution in [1.82, 2.24) is 19.7 Å². The van der Waals surface area contributed by atoms with Crippen molar-refractivity contribution >= 4 is 23.5 Å². The molecular weight excluding hydrogens is 524 g/mol. The van der Waals surface area contributed by atoms with Crippen molar-refractivity contribution in [3.63, 3.8) is 0 Å². The first kappa shape index (κ1) is 27.0. The predicted octanol–water partition coefficient (Wildman–Crippen LogP) is 4.69. The number of amides is 1. The number of aliphatic carboxylic acids is 1. The minimum absolute atomic E-state index is 0.0176. The lowest BCUT2D eigenvalue weighted by Crippen LogP contribution is -2.41. The van der Waals surface area contributed by atoms with Crippen LogP contribution in [0, 0.1) is 0 Å². The van der Waals surface area contributed by atoms with Crippen LogP contribution in [0.25, 0.3) is 5.69 Å². The van der Waals surface area contributed by atoms with Crippen LogP contribution in [-0.4, -0.2) is 63.5 Å². The summed E-state index contributed by atoms with van der Waals surface area (Å²) < 4.78 is 20.0. The summed E-state index contributed by atoms with van der Waals surface area (Å²) in [5, 5.41) is 19.1. The maximum Gasteiger partial charge on any atom is 0.326 e. The largest absolute Gasteiger partial charge is 0.493 e. The highest BCUT2D eigenvalue weighted by molar-refractivity contribution is 6.30. The molecule has 1 N–H and O–H groups in total. The zero-order valence-corrected chi connectivity index (χ0v) is 23.0. The van der Waals surface area contributed by atoms with Crippen LogP contribution < -0.4 is 9.47 Å². The maximum atomic E-state index is 13.5. The highest BCUT2D eigenvalue weighted by Crippen LogP contribution is 2.46. The first-order valence-electron chi connectivity index (χ1n) is 12.9. The lowest BCUT2D eigenvalue weighted by molar-refractivity contribution is -0.149. The molecule has 10 nitrogen and oxygen atoms in total. The van der Waals surface area contributed by atoms with Gasteiger partial charge in [0.2, 0.25) is 5.91 Å². The van der Waals surface area contributed by atoms with Gasteiger partial charge >= 0.3 is 5.97 Å². The lowest BCUT2D eigenvalue weighted by atomic mass is 9.98. The van der Waals surface area contributed by atoms with Crippen LogP contribution in [-0.2, 0) is 14.3 Å². The summed E-state index contributed by atoms with van der Waals surface area (Å²) in [6.45, 7) is 4.42. The summed E-state index contributed by atoms with van der Waals surface area (Å²) >= 11 is 6.50. The van der Waals surface area contributed by atoms with Crippen molar-refractivity contribution in [3.8, 4) is 17.2 Å². The fraction of sp³-hybridized carbons (Fsp3) is 0.429. The molecule has 5 rings (SSSR count). The third-order valence-electron chi connectivity index (χ3n) is 7.26. The average Bonchev–Trinajstić information content (AvgIpc) is 3.56. The Bertz CT molecular complexity index is 1410. The van der Waals surface area contributed by atoms with Gasteiger partial charge in [0.25, 0.3) is 0 Å². The van der Waals surface area contributed by atoms with E-state index < -0.39 is 24.2 Å². The molecule has 11 heteroatoms. The molecule has 1 amide bonds. The van der Waals surface area contributed by atoms with Crippen LogP contribution in [0.2, 0.25) is 5.02 Å². The molecule has 2 aliphatic rings. The number of benzene rings is 2. The highest BCUT2D eigenvalue weighted by Gasteiger charge is 2.40. The number of fused-ring (bicyclic) bond motifs is 3. The molecule has 0 spiro atoms. The van der Waals surface area contributed by atoms with E-state index in [1.165, 1.54) is 4.90 Å². The van der Waals surface area contributed by atoms with E-state index in [1.54, 1.807) is 26.4 Å². The van der Waals surface area contributed by atoms with Crippen LogP contribution in [0.15, 0.2) is 36.4 Å². The Hall–Kier alpha value is -3.63. The van der Waals surface area contributed by atoms with Gasteiger partial charge in [0.15, 0.2) is 17.3 Å². The second-order valence-electron chi connectivity index (χ2n) is 9.98. The zero-order chi connectivity index (χ0) is 27.8. The molecule has 2 unspecified atom stereocenters. The number of hydrogen-bond acceptors (Lipinski definition) is 7. The van der Waals surface area contributed by atoms with Crippen LogP contribution in [0.4, 0.5) is 0 Å². The number of carboxylic acids is 1. The second kappa shape index (κ2) is 10.9. The highest BCUT2D eigenvalue weighted by atomic mass is 35.5. The van der Waals surface area contributed by atoms with E-state index in [-0.39, 0.29) is 18.2 Å². The van der Waals surface area contributed by atoms with Gasteiger partial charge in [0.1, 0.15) is 24.1 Å². The smallest absolute Gasteiger partial charge is 0.326 e. The Kier molecular flexibility index (Phi) is 7.51. The summed E-state index contributed by atoms with van der Waals surface area (Å²) in [5.41, 5.74) is 2.21. The van der Waals surface area contributed by atoms with Gasteiger partial charge in [0, 0.05) is 28.6 Å². The van der Waals surface area contributed by atoms with Gasteiger partial charge in [-0.15, -0.1) is 10.2 Å². The minimum Gasteiger partial charge on any atom is -0.493 e. The second-order valence-corrected chi connectivity index (χ2v) is 10.4. The van der Waals surface area contributed by atoms with Gasteiger partial charge in [-0.25, -0.2) is 4.79 Å². The molecule has 3 aromatic rings. The number of ether oxygens (including phenoxy) is 3. The third-order valence-corrected chi connectivity index (χ3v) is 7.50. The SMILES string of the molecule is COc1cccc(C2OC(CC(=O)N3CCC[C@@H]3C(=O)O)c3nnc(C(C)C)n3-c3ccc(Cl)cc32)c1OC. The van der Waals surface area contributed by atoms with Crippen molar-refractivity contribution in [2.75, 3.05) is 20.8 Å². The normalized spacial score (nSPS) is 20.4. The molecule has 0 bridgehead atoms. The number of carboxylic acid groups (broad SMARTS) is 1. The van der Waals surface area contributed by atoms with Gasteiger partial charge < -0.3 is 24.2 Å². The van der Waals surface area contributed by atoms with Gasteiger partial charge in [-0.05, 0) is 37.1 Å². The molecule has 206 valence electrons. The van der Waals surface area contributed by atoms with Crippen LogP contribution >= 0.6 is 11.6 Å². The molecule has 39 heavy (non-hydrogen) atoms. The molecule has 0 saturated carbocycles. The van der Waals surface area contributed by atoms with E-state index in [0.29, 0.717) is 53.1 Å². The van der Waals surface area contributed by atoms with Crippen LogP contribution in [0.1, 0.15) is 74.0 Å². The fourth-order valence-corrected chi connectivity index (χ4v) is 5.65. The van der Waals surface area contributed by atoms with Crippen LogP contribution in [0.3, 0.4) is 0 Å². The van der Waals surface area contributed by atoms with Crippen molar-refractivity contribution < 1.29 is 28.9 Å². The van der Waals surface area contributed by atoms with E-state index in [4.69, 9.17) is 25.8 Å². The van der Waals surface area contributed by atoms with Crippen molar-refractivity contribution in [2.24, 2.45) is 0 Å². The minimum atomic E-state index is -1.01. The first-order valence-corrected chi connectivity index (χ1v) is 13.3. The predicted molar refractivity (Wildman–Crippen MR) is 143 cm³/mol. The topological polar surface area (TPSA) is 116 Å². The van der Waals surface area contributed by atoms with E-state index in [2.05, 4.69) is 10.2 Å². The molecule has 1 aromatic heterocycles.